The first-order chi connectivity index (χ1) is 10.3. The molecule has 0 aliphatic carbocycles. The Kier molecular flexibility index (Phi) is 3.47. The van der Waals surface area contributed by atoms with Gasteiger partial charge in [-0.2, -0.15) is 4.98 Å². The monoisotopic (exact) mass is 280 g/mol. The zero-order valence-corrected chi connectivity index (χ0v) is 11.3. The fourth-order valence-electron chi connectivity index (χ4n) is 1.91. The molecule has 0 unspecified atom stereocenters. The van der Waals surface area contributed by atoms with Crippen molar-refractivity contribution < 1.29 is 14.1 Å². The predicted molar refractivity (Wildman–Crippen MR) is 76.5 cm³/mol. The fourth-order valence-corrected chi connectivity index (χ4v) is 1.91. The van der Waals surface area contributed by atoms with Crippen molar-refractivity contribution in [2.45, 2.75) is 0 Å². The number of ether oxygens (including phenoxy) is 1. The van der Waals surface area contributed by atoms with E-state index in [0.29, 0.717) is 17.3 Å². The van der Waals surface area contributed by atoms with Crippen LogP contribution in [0.5, 0.6) is 0 Å². The zero-order valence-electron chi connectivity index (χ0n) is 11.3. The van der Waals surface area contributed by atoms with Gasteiger partial charge in [-0.15, -0.1) is 0 Å². The molecule has 0 aliphatic heterocycles. The highest BCUT2D eigenvalue weighted by Gasteiger charge is 2.11. The van der Waals surface area contributed by atoms with Gasteiger partial charge in [0, 0.05) is 11.1 Å². The summed E-state index contributed by atoms with van der Waals surface area (Å²) in [6, 6.07) is 16.4. The van der Waals surface area contributed by atoms with Gasteiger partial charge in [-0.3, -0.25) is 0 Å². The highest BCUT2D eigenvalue weighted by atomic mass is 16.5. The van der Waals surface area contributed by atoms with Gasteiger partial charge in [-0.1, -0.05) is 35.5 Å². The van der Waals surface area contributed by atoms with Crippen molar-refractivity contribution in [2.24, 2.45) is 0 Å². The van der Waals surface area contributed by atoms with Crippen LogP contribution in [0.25, 0.3) is 22.8 Å². The summed E-state index contributed by atoms with van der Waals surface area (Å²) in [5.74, 6) is 0.563. The molecule has 0 amide bonds. The fraction of sp³-hybridized carbons (Fsp3) is 0.0625. The molecule has 3 aromatic rings. The maximum Gasteiger partial charge on any atom is 0.337 e. The van der Waals surface area contributed by atoms with Crippen LogP contribution in [0.3, 0.4) is 0 Å². The molecular formula is C16H12N2O3. The SMILES string of the molecule is COC(=O)c1ccc(-c2noc(-c3ccccc3)n2)cc1. The molecule has 5 heteroatoms. The third kappa shape index (κ3) is 2.67. The summed E-state index contributed by atoms with van der Waals surface area (Å²) in [6.45, 7) is 0. The van der Waals surface area contributed by atoms with Crippen LogP contribution in [-0.4, -0.2) is 23.2 Å². The van der Waals surface area contributed by atoms with E-state index in [-0.39, 0.29) is 5.97 Å². The van der Waals surface area contributed by atoms with Gasteiger partial charge in [-0.25, -0.2) is 4.79 Å². The quantitative estimate of drug-likeness (QED) is 0.689. The molecule has 0 atom stereocenters. The molecule has 0 bridgehead atoms. The molecule has 104 valence electrons. The van der Waals surface area contributed by atoms with Crippen molar-refractivity contribution in [3.05, 3.63) is 60.2 Å². The van der Waals surface area contributed by atoms with Gasteiger partial charge in [0.05, 0.1) is 12.7 Å². The minimum absolute atomic E-state index is 0.375. The summed E-state index contributed by atoms with van der Waals surface area (Å²) < 4.78 is 9.91. The van der Waals surface area contributed by atoms with Crippen LogP contribution >= 0.6 is 0 Å². The maximum absolute atomic E-state index is 11.4. The molecule has 0 spiro atoms. The Morgan fingerprint density at radius 1 is 1.00 bits per heavy atom. The number of carbonyl (C=O) groups excluding carboxylic acids is 1. The van der Waals surface area contributed by atoms with Gasteiger partial charge in [0.15, 0.2) is 0 Å². The molecule has 1 heterocycles. The molecule has 0 radical (unpaired) electrons. The first-order valence-corrected chi connectivity index (χ1v) is 6.36. The standard InChI is InChI=1S/C16H12N2O3/c1-20-16(19)13-9-7-11(8-10-13)14-17-15(21-18-14)12-5-3-2-4-6-12/h2-10H,1H3. The summed E-state index contributed by atoms with van der Waals surface area (Å²) >= 11 is 0. The van der Waals surface area contributed by atoms with Crippen LogP contribution < -0.4 is 0 Å². The van der Waals surface area contributed by atoms with Crippen LogP contribution in [-0.2, 0) is 4.74 Å². The number of carbonyl (C=O) groups is 1. The minimum atomic E-state index is -0.375. The average Bonchev–Trinajstić information content (AvgIpc) is 3.05. The number of hydrogen-bond acceptors (Lipinski definition) is 5. The molecule has 5 nitrogen and oxygen atoms in total. The van der Waals surface area contributed by atoms with E-state index in [4.69, 9.17) is 4.52 Å². The van der Waals surface area contributed by atoms with Crippen molar-refractivity contribution in [1.82, 2.24) is 10.1 Å². The number of hydrogen-bond donors (Lipinski definition) is 0. The summed E-state index contributed by atoms with van der Waals surface area (Å²) in [5, 5.41) is 3.96. The number of esters is 1. The molecular weight excluding hydrogens is 268 g/mol. The van der Waals surface area contributed by atoms with Crippen LogP contribution in [0, 0.1) is 0 Å². The van der Waals surface area contributed by atoms with Crippen LogP contribution in [0.2, 0.25) is 0 Å². The lowest BCUT2D eigenvalue weighted by Crippen LogP contribution is -2.00. The van der Waals surface area contributed by atoms with Gasteiger partial charge in [0.25, 0.3) is 5.89 Å². The van der Waals surface area contributed by atoms with Crippen molar-refractivity contribution in [3.8, 4) is 22.8 Å². The minimum Gasteiger partial charge on any atom is -0.465 e. The lowest BCUT2D eigenvalue weighted by molar-refractivity contribution is 0.0601. The molecule has 1 aromatic heterocycles. The normalized spacial score (nSPS) is 10.3. The summed E-state index contributed by atoms with van der Waals surface area (Å²) in [4.78, 5) is 15.7. The van der Waals surface area contributed by atoms with E-state index in [1.165, 1.54) is 7.11 Å². The Morgan fingerprint density at radius 3 is 2.38 bits per heavy atom. The second-order valence-corrected chi connectivity index (χ2v) is 4.36. The van der Waals surface area contributed by atoms with E-state index in [1.807, 2.05) is 30.3 Å². The van der Waals surface area contributed by atoms with E-state index in [9.17, 15) is 4.79 Å². The molecule has 0 saturated heterocycles. The summed E-state index contributed by atoms with van der Waals surface area (Å²) in [7, 11) is 1.35. The Bertz CT molecular complexity index is 749. The highest BCUT2D eigenvalue weighted by molar-refractivity contribution is 5.89. The maximum atomic E-state index is 11.4. The molecule has 2 aromatic carbocycles. The van der Waals surface area contributed by atoms with E-state index in [2.05, 4.69) is 14.9 Å². The smallest absolute Gasteiger partial charge is 0.337 e. The molecule has 0 fully saturated rings. The second-order valence-electron chi connectivity index (χ2n) is 4.36. The molecule has 0 aliphatic rings. The van der Waals surface area contributed by atoms with Crippen molar-refractivity contribution in [3.63, 3.8) is 0 Å². The van der Waals surface area contributed by atoms with Gasteiger partial charge in [0.2, 0.25) is 5.82 Å². The highest BCUT2D eigenvalue weighted by Crippen LogP contribution is 2.22. The number of nitrogens with zero attached hydrogens (tertiary/aromatic N) is 2. The molecule has 21 heavy (non-hydrogen) atoms. The molecule has 0 N–H and O–H groups in total. The predicted octanol–water partition coefficient (Wildman–Crippen LogP) is 3.19. The average molecular weight is 280 g/mol. The van der Waals surface area contributed by atoms with E-state index in [0.717, 1.165) is 11.1 Å². The zero-order chi connectivity index (χ0) is 14.7. The van der Waals surface area contributed by atoms with Gasteiger partial charge in [0.1, 0.15) is 0 Å². The van der Waals surface area contributed by atoms with E-state index < -0.39 is 0 Å². The Morgan fingerprint density at radius 2 is 1.71 bits per heavy atom. The van der Waals surface area contributed by atoms with Crippen molar-refractivity contribution >= 4 is 5.97 Å². The Balaban J connectivity index is 1.88. The van der Waals surface area contributed by atoms with Crippen LogP contribution in [0.15, 0.2) is 59.1 Å². The molecule has 3 rings (SSSR count). The van der Waals surface area contributed by atoms with Crippen molar-refractivity contribution in [1.29, 1.82) is 0 Å². The van der Waals surface area contributed by atoms with Crippen LogP contribution in [0.4, 0.5) is 0 Å². The number of aromatic nitrogens is 2. The lowest BCUT2D eigenvalue weighted by Gasteiger charge is -1.99. The Hall–Kier alpha value is -2.95. The lowest BCUT2D eigenvalue weighted by atomic mass is 10.1. The van der Waals surface area contributed by atoms with E-state index in [1.54, 1.807) is 24.3 Å². The van der Waals surface area contributed by atoms with Gasteiger partial charge < -0.3 is 9.26 Å². The van der Waals surface area contributed by atoms with Gasteiger partial charge >= 0.3 is 5.97 Å². The first-order valence-electron chi connectivity index (χ1n) is 6.36. The van der Waals surface area contributed by atoms with Crippen molar-refractivity contribution in [2.75, 3.05) is 7.11 Å². The molecule has 0 saturated carbocycles. The van der Waals surface area contributed by atoms with E-state index >= 15 is 0 Å². The number of rotatable bonds is 3. The topological polar surface area (TPSA) is 65.2 Å². The van der Waals surface area contributed by atoms with Crippen LogP contribution in [0.1, 0.15) is 10.4 Å². The second kappa shape index (κ2) is 5.58. The summed E-state index contributed by atoms with van der Waals surface area (Å²) in [6.07, 6.45) is 0. The number of methoxy groups -OCH3 is 1. The third-order valence-electron chi connectivity index (χ3n) is 3.01. The first kappa shape index (κ1) is 13.1. The number of benzene rings is 2. The van der Waals surface area contributed by atoms with Gasteiger partial charge in [-0.05, 0) is 24.3 Å². The third-order valence-corrected chi connectivity index (χ3v) is 3.01. The summed E-state index contributed by atoms with van der Waals surface area (Å²) in [5.41, 5.74) is 2.11. The largest absolute Gasteiger partial charge is 0.465 e. The Labute approximate surface area is 121 Å².